The Hall–Kier alpha value is -2.96. The first-order valence-electron chi connectivity index (χ1n) is 13.3. The van der Waals surface area contributed by atoms with Crippen LogP contribution in [0.2, 0.25) is 0 Å². The van der Waals surface area contributed by atoms with Gasteiger partial charge in [-0.15, -0.1) is 11.6 Å². The molecule has 41 heavy (non-hydrogen) atoms. The molecule has 2 aliphatic carbocycles. The molecule has 0 bridgehead atoms. The number of carbonyl (C=O) groups is 5. The molecule has 2 heterocycles. The van der Waals surface area contributed by atoms with Crippen LogP contribution in [0.15, 0.2) is 24.3 Å². The maximum atomic E-state index is 13.0. The van der Waals surface area contributed by atoms with Crippen LogP contribution in [-0.2, 0) is 52.4 Å². The van der Waals surface area contributed by atoms with Crippen LogP contribution >= 0.6 is 11.6 Å². The molecule has 13 heteroatoms. The molecular weight excluding hydrogens is 564 g/mol. The Morgan fingerprint density at radius 2 is 1.54 bits per heavy atom. The van der Waals surface area contributed by atoms with E-state index < -0.39 is 94.2 Å². The Morgan fingerprint density at radius 3 is 2.05 bits per heavy atom. The molecule has 4 aliphatic rings. The molecule has 1 spiro atoms. The van der Waals surface area contributed by atoms with E-state index in [1.165, 1.54) is 39.8 Å². The number of esters is 5. The second-order valence-electron chi connectivity index (χ2n) is 11.4. The quantitative estimate of drug-likeness (QED) is 0.215. The van der Waals surface area contributed by atoms with Gasteiger partial charge < -0.3 is 33.5 Å². The van der Waals surface area contributed by atoms with Crippen LogP contribution < -0.4 is 0 Å². The van der Waals surface area contributed by atoms with Gasteiger partial charge >= 0.3 is 29.8 Å². The molecule has 0 aromatic carbocycles. The van der Waals surface area contributed by atoms with Gasteiger partial charge in [-0.2, -0.15) is 0 Å². The first kappa shape index (κ1) is 31.0. The SMILES string of the molecule is C=C1/C=C\[C@H](OC(C)=O)[C@@]2(C)[C@@H](OC(C)=O)C[C@@H](OC(C)=O)[C@]3(CO3)[C@@H]2[C@H](OC(C)=O)[C@]2(O)[C@@H](C)C(=O)O[C@H]2[C@H]1Cl. The van der Waals surface area contributed by atoms with E-state index in [1.807, 2.05) is 0 Å². The van der Waals surface area contributed by atoms with Crippen LogP contribution in [0, 0.1) is 17.3 Å². The Balaban J connectivity index is 2.09. The van der Waals surface area contributed by atoms with Crippen molar-refractivity contribution in [3.05, 3.63) is 24.3 Å². The van der Waals surface area contributed by atoms with E-state index in [2.05, 4.69) is 6.58 Å². The van der Waals surface area contributed by atoms with Gasteiger partial charge in [-0.1, -0.05) is 19.6 Å². The van der Waals surface area contributed by atoms with Gasteiger partial charge in [0, 0.05) is 40.0 Å². The fourth-order valence-electron chi connectivity index (χ4n) is 6.81. The summed E-state index contributed by atoms with van der Waals surface area (Å²) >= 11 is 6.73. The number of alkyl halides is 1. The average Bonchev–Trinajstić information content (AvgIpc) is 3.61. The third kappa shape index (κ3) is 5.03. The number of hydrogen-bond donors (Lipinski definition) is 1. The molecule has 2 saturated heterocycles. The van der Waals surface area contributed by atoms with E-state index in [0.29, 0.717) is 0 Å². The number of rotatable bonds is 4. The van der Waals surface area contributed by atoms with Gasteiger partial charge in [0.15, 0.2) is 11.7 Å². The van der Waals surface area contributed by atoms with E-state index in [0.717, 1.165) is 6.92 Å². The van der Waals surface area contributed by atoms with Gasteiger partial charge in [-0.05, 0) is 18.6 Å². The molecule has 11 atom stereocenters. The number of aliphatic hydroxyl groups is 1. The summed E-state index contributed by atoms with van der Waals surface area (Å²) in [4.78, 5) is 62.8. The molecule has 2 aliphatic heterocycles. The molecule has 12 nitrogen and oxygen atoms in total. The summed E-state index contributed by atoms with van der Waals surface area (Å²) in [5.74, 6) is -6.15. The molecule has 1 N–H and O–H groups in total. The fraction of sp³-hybridized carbons (Fsp3) is 0.679. The van der Waals surface area contributed by atoms with Crippen LogP contribution in [0.25, 0.3) is 0 Å². The number of ether oxygens (including phenoxy) is 6. The lowest BCUT2D eigenvalue weighted by molar-refractivity contribution is -0.254. The maximum absolute atomic E-state index is 13.0. The molecule has 0 aromatic heterocycles. The lowest BCUT2D eigenvalue weighted by Crippen LogP contribution is -2.72. The first-order valence-corrected chi connectivity index (χ1v) is 13.7. The third-order valence-electron chi connectivity index (χ3n) is 8.77. The lowest BCUT2D eigenvalue weighted by atomic mass is 9.52. The highest BCUT2D eigenvalue weighted by Crippen LogP contribution is 2.63. The summed E-state index contributed by atoms with van der Waals surface area (Å²) in [6.45, 7) is 11.7. The van der Waals surface area contributed by atoms with Gasteiger partial charge in [0.05, 0.1) is 23.3 Å². The normalized spacial score (nSPS) is 44.0. The summed E-state index contributed by atoms with van der Waals surface area (Å²) in [6, 6.07) is 0. The second kappa shape index (κ2) is 10.7. The molecule has 0 aromatic rings. The highest BCUT2D eigenvalue weighted by molar-refractivity contribution is 6.23. The Bertz CT molecular complexity index is 1190. The standard InChI is InChI=1S/C28H35ClO12/c1-12-8-9-18(37-14(3)30)26(7)19(38-15(4)31)10-20(39-16(5)32)27(11-36-27)22(26)24(40-17(6)33)28(35)13(2)25(34)41-23(28)21(12)29/h8-9,13,18-24,35H,1,10-11H2,2-7H3/b9-8-/t13-,18-,19-,20+,21-,22+,23-,24-,26-,27+,28-/m0/s1. The first-order chi connectivity index (χ1) is 19.0. The van der Waals surface area contributed by atoms with Crippen LogP contribution in [0.3, 0.4) is 0 Å². The fourth-order valence-corrected chi connectivity index (χ4v) is 7.13. The topological polar surface area (TPSA) is 164 Å². The van der Waals surface area contributed by atoms with Crippen LogP contribution in [0.5, 0.6) is 0 Å². The van der Waals surface area contributed by atoms with Crippen molar-refractivity contribution in [2.24, 2.45) is 17.3 Å². The van der Waals surface area contributed by atoms with Crippen molar-refractivity contribution in [3.63, 3.8) is 0 Å². The third-order valence-corrected chi connectivity index (χ3v) is 9.28. The monoisotopic (exact) mass is 598 g/mol. The van der Waals surface area contributed by atoms with E-state index in [-0.39, 0.29) is 18.6 Å². The molecule has 0 radical (unpaired) electrons. The summed E-state index contributed by atoms with van der Waals surface area (Å²) in [6.07, 6.45) is -3.54. The zero-order valence-electron chi connectivity index (χ0n) is 23.7. The van der Waals surface area contributed by atoms with Crippen molar-refractivity contribution in [1.82, 2.24) is 0 Å². The summed E-state index contributed by atoms with van der Waals surface area (Å²) in [5, 5.41) is 11.3. The van der Waals surface area contributed by atoms with Crippen molar-refractivity contribution in [2.75, 3.05) is 6.61 Å². The molecular formula is C28H35ClO12. The highest BCUT2D eigenvalue weighted by Gasteiger charge is 2.78. The summed E-state index contributed by atoms with van der Waals surface area (Å²) in [5.41, 5.74) is -5.00. The van der Waals surface area contributed by atoms with Crippen molar-refractivity contribution in [2.45, 2.75) is 95.1 Å². The van der Waals surface area contributed by atoms with E-state index >= 15 is 0 Å². The number of halogens is 1. The van der Waals surface area contributed by atoms with Gasteiger partial charge in [0.25, 0.3) is 0 Å². The summed E-state index contributed by atoms with van der Waals surface area (Å²) < 4.78 is 34.7. The minimum atomic E-state index is -2.28. The van der Waals surface area contributed by atoms with E-state index in [4.69, 9.17) is 40.0 Å². The lowest BCUT2D eigenvalue weighted by Gasteiger charge is -2.57. The van der Waals surface area contributed by atoms with Crippen molar-refractivity contribution in [1.29, 1.82) is 0 Å². The Kier molecular flexibility index (Phi) is 8.09. The van der Waals surface area contributed by atoms with E-state index in [1.54, 1.807) is 6.92 Å². The van der Waals surface area contributed by atoms with Crippen molar-refractivity contribution >= 4 is 41.4 Å². The van der Waals surface area contributed by atoms with Gasteiger partial charge in [0.2, 0.25) is 0 Å². The van der Waals surface area contributed by atoms with E-state index in [9.17, 15) is 29.1 Å². The predicted molar refractivity (Wildman–Crippen MR) is 139 cm³/mol. The number of fused-ring (bicyclic) bond motifs is 3. The van der Waals surface area contributed by atoms with Crippen molar-refractivity contribution in [3.8, 4) is 0 Å². The van der Waals surface area contributed by atoms with Crippen LogP contribution in [-0.4, -0.2) is 88.7 Å². The minimum Gasteiger partial charge on any atom is -0.462 e. The van der Waals surface area contributed by atoms with Crippen LogP contribution in [0.1, 0.15) is 48.0 Å². The zero-order chi connectivity index (χ0) is 30.7. The van der Waals surface area contributed by atoms with Crippen molar-refractivity contribution < 1.29 is 57.5 Å². The molecule has 4 rings (SSSR count). The van der Waals surface area contributed by atoms with Crippen LogP contribution in [0.4, 0.5) is 0 Å². The Morgan fingerprint density at radius 1 is 1.00 bits per heavy atom. The molecule has 226 valence electrons. The van der Waals surface area contributed by atoms with Gasteiger partial charge in [0.1, 0.15) is 30.0 Å². The average molecular weight is 599 g/mol. The number of epoxide rings is 1. The summed E-state index contributed by atoms with van der Waals surface area (Å²) in [7, 11) is 0. The van der Waals surface area contributed by atoms with Gasteiger partial charge in [-0.3, -0.25) is 24.0 Å². The second-order valence-corrected chi connectivity index (χ2v) is 11.9. The predicted octanol–water partition coefficient (Wildman–Crippen LogP) is 1.53. The number of carbonyl (C=O) groups excluding carboxylic acids is 5. The molecule has 0 unspecified atom stereocenters. The highest BCUT2D eigenvalue weighted by atomic mass is 35.5. The molecule has 3 fully saturated rings. The Labute approximate surface area is 242 Å². The molecule has 1 saturated carbocycles. The molecule has 0 amide bonds. The smallest absolute Gasteiger partial charge is 0.312 e. The number of allylic oxidation sites excluding steroid dienone is 1. The minimum absolute atomic E-state index is 0.0206. The maximum Gasteiger partial charge on any atom is 0.312 e. The van der Waals surface area contributed by atoms with Gasteiger partial charge in [-0.25, -0.2) is 0 Å². The largest absolute Gasteiger partial charge is 0.462 e. The zero-order valence-corrected chi connectivity index (χ0v) is 24.5. The number of hydrogen-bond acceptors (Lipinski definition) is 12.